The number of aromatic nitrogens is 2. The number of hydrogen-bond acceptors (Lipinski definition) is 6. The fourth-order valence-electron chi connectivity index (χ4n) is 3.49. The van der Waals surface area contributed by atoms with E-state index >= 15 is 0 Å². The summed E-state index contributed by atoms with van der Waals surface area (Å²) in [6.45, 7) is 7.72. The number of anilines is 1. The number of sulfonamides is 1. The van der Waals surface area contributed by atoms with Crippen molar-refractivity contribution in [2.24, 2.45) is 5.92 Å². The Kier molecular flexibility index (Phi) is 6.63. The molecule has 0 amide bonds. The molecule has 7 nitrogen and oxygen atoms in total. The monoisotopic (exact) mass is 420 g/mol. The fourth-order valence-corrected chi connectivity index (χ4v) is 4.38. The van der Waals surface area contributed by atoms with Crippen molar-refractivity contribution in [2.45, 2.75) is 70.1 Å². The van der Waals surface area contributed by atoms with Crippen LogP contribution in [0.2, 0.25) is 0 Å². The first kappa shape index (κ1) is 21.8. The molecule has 1 aliphatic carbocycles. The number of nitrogens with zero attached hydrogens (tertiary/aromatic N) is 2. The SMILES string of the molecule is CC(c1ccccc1)c1noc(N[C@H]2CC[C@H](CNS(=O)(=O)C(C)(C)C)CC2)n1. The maximum absolute atomic E-state index is 12.2. The molecular weight excluding hydrogens is 388 g/mol. The smallest absolute Gasteiger partial charge is 0.321 e. The van der Waals surface area contributed by atoms with Gasteiger partial charge in [0.1, 0.15) is 0 Å². The summed E-state index contributed by atoms with van der Waals surface area (Å²) in [6.07, 6.45) is 3.83. The lowest BCUT2D eigenvalue weighted by Crippen LogP contribution is -2.42. The van der Waals surface area contributed by atoms with Gasteiger partial charge in [-0.3, -0.25) is 0 Å². The standard InChI is InChI=1S/C21H32N4O3S/c1-15(17-8-6-5-7-9-17)19-24-20(28-25-19)23-18-12-10-16(11-13-18)14-22-29(26,27)21(2,3)4/h5-9,15-16,18,22H,10-14H2,1-4H3,(H,23,24,25)/t15?,16-,18-. The Morgan fingerprint density at radius 2 is 1.79 bits per heavy atom. The van der Waals surface area contributed by atoms with E-state index in [0.29, 0.717) is 24.3 Å². The topological polar surface area (TPSA) is 97.1 Å². The van der Waals surface area contributed by atoms with Crippen molar-refractivity contribution in [1.82, 2.24) is 14.9 Å². The summed E-state index contributed by atoms with van der Waals surface area (Å²) in [7, 11) is -3.29. The van der Waals surface area contributed by atoms with Gasteiger partial charge in [-0.25, -0.2) is 13.1 Å². The molecule has 1 heterocycles. The van der Waals surface area contributed by atoms with E-state index in [1.165, 1.54) is 0 Å². The van der Waals surface area contributed by atoms with E-state index in [1.54, 1.807) is 20.8 Å². The molecule has 8 heteroatoms. The molecule has 1 atom stereocenters. The van der Waals surface area contributed by atoms with E-state index in [1.807, 2.05) is 18.2 Å². The summed E-state index contributed by atoms with van der Waals surface area (Å²) in [4.78, 5) is 4.51. The number of nitrogens with one attached hydrogen (secondary N) is 2. The molecule has 0 spiro atoms. The van der Waals surface area contributed by atoms with Crippen molar-refractivity contribution in [3.05, 3.63) is 41.7 Å². The van der Waals surface area contributed by atoms with E-state index < -0.39 is 14.8 Å². The normalized spacial score (nSPS) is 21.7. The largest absolute Gasteiger partial charge is 0.335 e. The molecule has 2 N–H and O–H groups in total. The zero-order valence-corrected chi connectivity index (χ0v) is 18.5. The molecule has 29 heavy (non-hydrogen) atoms. The highest BCUT2D eigenvalue weighted by Crippen LogP contribution is 2.28. The zero-order chi connectivity index (χ0) is 21.1. The maximum Gasteiger partial charge on any atom is 0.321 e. The van der Waals surface area contributed by atoms with Gasteiger partial charge in [-0.2, -0.15) is 4.98 Å². The summed E-state index contributed by atoms with van der Waals surface area (Å²) in [5, 5.41) is 7.47. The van der Waals surface area contributed by atoms with Crippen LogP contribution < -0.4 is 10.0 Å². The number of rotatable bonds is 7. The van der Waals surface area contributed by atoms with E-state index in [2.05, 4.69) is 39.2 Å². The molecule has 0 radical (unpaired) electrons. The van der Waals surface area contributed by atoms with Crippen LogP contribution in [0.4, 0.5) is 6.01 Å². The van der Waals surface area contributed by atoms with E-state index in [9.17, 15) is 8.42 Å². The molecule has 0 saturated heterocycles. The molecule has 0 aliphatic heterocycles. The van der Waals surface area contributed by atoms with Gasteiger partial charge in [-0.1, -0.05) is 42.4 Å². The van der Waals surface area contributed by atoms with Crippen molar-refractivity contribution in [1.29, 1.82) is 0 Å². The molecule has 1 aromatic carbocycles. The van der Waals surface area contributed by atoms with Crippen molar-refractivity contribution in [3.63, 3.8) is 0 Å². The minimum absolute atomic E-state index is 0.0714. The van der Waals surface area contributed by atoms with E-state index in [0.717, 1.165) is 31.2 Å². The Hall–Kier alpha value is -1.93. The fraction of sp³-hybridized carbons (Fsp3) is 0.619. The van der Waals surface area contributed by atoms with Crippen molar-refractivity contribution < 1.29 is 12.9 Å². The van der Waals surface area contributed by atoms with Gasteiger partial charge in [-0.15, -0.1) is 0 Å². The van der Waals surface area contributed by atoms with Gasteiger partial charge in [0.15, 0.2) is 5.82 Å². The third kappa shape index (κ3) is 5.57. The van der Waals surface area contributed by atoms with Crippen LogP contribution in [0.1, 0.15) is 70.7 Å². The van der Waals surface area contributed by atoms with Gasteiger partial charge in [0.2, 0.25) is 10.0 Å². The average Bonchev–Trinajstić information content (AvgIpc) is 3.15. The van der Waals surface area contributed by atoms with Crippen molar-refractivity contribution in [2.75, 3.05) is 11.9 Å². The minimum Gasteiger partial charge on any atom is -0.335 e. The molecule has 160 valence electrons. The molecule has 3 rings (SSSR count). The summed E-state index contributed by atoms with van der Waals surface area (Å²) >= 11 is 0. The van der Waals surface area contributed by atoms with Gasteiger partial charge >= 0.3 is 6.01 Å². The molecule has 1 fully saturated rings. The lowest BCUT2D eigenvalue weighted by Gasteiger charge is -2.29. The van der Waals surface area contributed by atoms with E-state index in [-0.39, 0.29) is 12.0 Å². The van der Waals surface area contributed by atoms with Crippen LogP contribution in [0.5, 0.6) is 0 Å². The Morgan fingerprint density at radius 1 is 1.14 bits per heavy atom. The second-order valence-corrected chi connectivity index (χ2v) is 11.4. The van der Waals surface area contributed by atoms with Crippen LogP contribution in [0.15, 0.2) is 34.9 Å². The molecule has 1 unspecified atom stereocenters. The lowest BCUT2D eigenvalue weighted by molar-refractivity contribution is 0.329. The first-order valence-electron chi connectivity index (χ1n) is 10.3. The summed E-state index contributed by atoms with van der Waals surface area (Å²) in [6, 6.07) is 10.8. The van der Waals surface area contributed by atoms with Gasteiger partial charge in [-0.05, 0) is 57.9 Å². The molecule has 1 saturated carbocycles. The number of benzene rings is 1. The lowest BCUT2D eigenvalue weighted by atomic mass is 9.86. The van der Waals surface area contributed by atoms with Crippen LogP contribution in [-0.2, 0) is 10.0 Å². The Balaban J connectivity index is 1.47. The quantitative estimate of drug-likeness (QED) is 0.705. The third-order valence-corrected chi connectivity index (χ3v) is 7.83. The Labute approximate surface area is 173 Å². The zero-order valence-electron chi connectivity index (χ0n) is 17.7. The number of hydrogen-bond donors (Lipinski definition) is 2. The van der Waals surface area contributed by atoms with Crippen LogP contribution in [0.3, 0.4) is 0 Å². The Morgan fingerprint density at radius 3 is 2.41 bits per heavy atom. The van der Waals surface area contributed by atoms with Crippen LogP contribution >= 0.6 is 0 Å². The molecule has 2 aromatic rings. The summed E-state index contributed by atoms with van der Waals surface area (Å²) < 4.78 is 31.8. The minimum atomic E-state index is -3.29. The maximum atomic E-state index is 12.2. The molecule has 1 aromatic heterocycles. The van der Waals surface area contributed by atoms with E-state index in [4.69, 9.17) is 4.52 Å². The second-order valence-electron chi connectivity index (χ2n) is 8.92. The third-order valence-electron chi connectivity index (χ3n) is 5.67. The molecule has 0 bridgehead atoms. The Bertz CT molecular complexity index is 882. The first-order valence-corrected chi connectivity index (χ1v) is 11.8. The van der Waals surface area contributed by atoms with Crippen molar-refractivity contribution in [3.8, 4) is 0 Å². The van der Waals surface area contributed by atoms with Gasteiger partial charge in [0.25, 0.3) is 0 Å². The highest BCUT2D eigenvalue weighted by Gasteiger charge is 2.30. The predicted octanol–water partition coefficient (Wildman–Crippen LogP) is 3.91. The molecule has 1 aliphatic rings. The van der Waals surface area contributed by atoms with Crippen LogP contribution in [0.25, 0.3) is 0 Å². The van der Waals surface area contributed by atoms with Gasteiger partial charge < -0.3 is 9.84 Å². The highest BCUT2D eigenvalue weighted by atomic mass is 32.2. The van der Waals surface area contributed by atoms with Crippen molar-refractivity contribution >= 4 is 16.0 Å². The predicted molar refractivity (Wildman–Crippen MR) is 114 cm³/mol. The summed E-state index contributed by atoms with van der Waals surface area (Å²) in [5.41, 5.74) is 1.15. The van der Waals surface area contributed by atoms with Crippen LogP contribution in [-0.4, -0.2) is 35.9 Å². The average molecular weight is 421 g/mol. The summed E-state index contributed by atoms with van der Waals surface area (Å²) in [5.74, 6) is 1.10. The van der Waals surface area contributed by atoms with Crippen LogP contribution in [0, 0.1) is 5.92 Å². The molecular formula is C21H32N4O3S. The highest BCUT2D eigenvalue weighted by molar-refractivity contribution is 7.90. The second kappa shape index (κ2) is 8.83. The first-order chi connectivity index (χ1) is 13.7. The van der Waals surface area contributed by atoms with Gasteiger partial charge in [0.05, 0.1) is 4.75 Å². The van der Waals surface area contributed by atoms with Gasteiger partial charge in [0, 0.05) is 18.5 Å².